The standard InChI is InChI=1S/C20H19N3O4/c1-27-20-10-13(2-7-19(20)24)12-22(14-3-4-14)17-5-6-18(23(25)26)16-11-21-9-8-15(16)17/h2,5-11,14,24H,3-4,12H2,1H3. The number of benzene rings is 2. The van der Waals surface area contributed by atoms with E-state index in [1.165, 1.54) is 7.11 Å². The van der Waals surface area contributed by atoms with Crippen LogP contribution in [0.3, 0.4) is 0 Å². The highest BCUT2D eigenvalue weighted by atomic mass is 16.6. The van der Waals surface area contributed by atoms with Gasteiger partial charge in [0.15, 0.2) is 11.5 Å². The van der Waals surface area contributed by atoms with Crippen molar-refractivity contribution >= 4 is 22.1 Å². The molecule has 1 aliphatic rings. The van der Waals surface area contributed by atoms with Crippen LogP contribution in [0.15, 0.2) is 48.8 Å². The van der Waals surface area contributed by atoms with E-state index >= 15 is 0 Å². The monoisotopic (exact) mass is 365 g/mol. The largest absolute Gasteiger partial charge is 0.504 e. The second-order valence-electron chi connectivity index (χ2n) is 6.65. The maximum atomic E-state index is 11.4. The topological polar surface area (TPSA) is 88.7 Å². The average Bonchev–Trinajstić information content (AvgIpc) is 3.51. The molecule has 0 amide bonds. The zero-order chi connectivity index (χ0) is 19.0. The maximum absolute atomic E-state index is 11.4. The molecule has 0 atom stereocenters. The van der Waals surface area contributed by atoms with Crippen molar-refractivity contribution in [3.05, 3.63) is 64.5 Å². The molecule has 7 heteroatoms. The summed E-state index contributed by atoms with van der Waals surface area (Å²) < 4.78 is 5.21. The van der Waals surface area contributed by atoms with Crippen LogP contribution in [0.1, 0.15) is 18.4 Å². The third-order valence-electron chi connectivity index (χ3n) is 4.86. The molecule has 3 aromatic rings. The van der Waals surface area contributed by atoms with E-state index < -0.39 is 0 Å². The number of non-ortho nitro benzene ring substituents is 1. The Morgan fingerprint density at radius 3 is 2.78 bits per heavy atom. The van der Waals surface area contributed by atoms with Gasteiger partial charge in [0.25, 0.3) is 5.69 Å². The number of nitro benzene ring substituents is 1. The van der Waals surface area contributed by atoms with Crippen molar-refractivity contribution in [3.8, 4) is 11.5 Å². The SMILES string of the molecule is COc1cc(CN(c2ccc([N+](=O)[O-])c3cnccc23)C2CC2)ccc1O. The minimum absolute atomic E-state index is 0.0592. The summed E-state index contributed by atoms with van der Waals surface area (Å²) in [5.41, 5.74) is 2.01. The molecular weight excluding hydrogens is 346 g/mol. The summed E-state index contributed by atoms with van der Waals surface area (Å²) in [4.78, 5) is 17.3. The minimum Gasteiger partial charge on any atom is -0.504 e. The van der Waals surface area contributed by atoms with Gasteiger partial charge in [0, 0.05) is 42.1 Å². The molecule has 1 aromatic heterocycles. The number of fused-ring (bicyclic) bond motifs is 1. The fraction of sp³-hybridized carbons (Fsp3) is 0.250. The number of hydrogen-bond donors (Lipinski definition) is 1. The molecule has 7 nitrogen and oxygen atoms in total. The van der Waals surface area contributed by atoms with Crippen LogP contribution in [0.25, 0.3) is 10.8 Å². The van der Waals surface area contributed by atoms with Crippen LogP contribution in [-0.2, 0) is 6.54 Å². The molecule has 1 N–H and O–H groups in total. The smallest absolute Gasteiger partial charge is 0.278 e. The lowest BCUT2D eigenvalue weighted by molar-refractivity contribution is -0.383. The highest BCUT2D eigenvalue weighted by molar-refractivity contribution is 5.99. The van der Waals surface area contributed by atoms with Crippen LogP contribution in [-0.4, -0.2) is 28.2 Å². The third-order valence-corrected chi connectivity index (χ3v) is 4.86. The van der Waals surface area contributed by atoms with Gasteiger partial charge in [-0.1, -0.05) is 6.07 Å². The summed E-state index contributed by atoms with van der Waals surface area (Å²) in [6, 6.07) is 10.9. The number of methoxy groups -OCH3 is 1. The number of rotatable bonds is 6. The van der Waals surface area contributed by atoms with Gasteiger partial charge in [0.2, 0.25) is 0 Å². The Hall–Kier alpha value is -3.35. The molecule has 0 aliphatic heterocycles. The van der Waals surface area contributed by atoms with Gasteiger partial charge in [-0.25, -0.2) is 0 Å². The number of hydrogen-bond acceptors (Lipinski definition) is 6. The molecule has 1 fully saturated rings. The molecule has 1 saturated carbocycles. The van der Waals surface area contributed by atoms with Gasteiger partial charge < -0.3 is 14.7 Å². The van der Waals surface area contributed by atoms with Crippen molar-refractivity contribution < 1.29 is 14.8 Å². The third kappa shape index (κ3) is 3.23. The maximum Gasteiger partial charge on any atom is 0.278 e. The van der Waals surface area contributed by atoms with Crippen molar-refractivity contribution in [2.24, 2.45) is 0 Å². The summed E-state index contributed by atoms with van der Waals surface area (Å²) in [5, 5.41) is 22.5. The van der Waals surface area contributed by atoms with E-state index in [1.807, 2.05) is 24.3 Å². The molecule has 0 saturated heterocycles. The highest BCUT2D eigenvalue weighted by Gasteiger charge is 2.31. The van der Waals surface area contributed by atoms with Crippen LogP contribution >= 0.6 is 0 Å². The van der Waals surface area contributed by atoms with Gasteiger partial charge in [0.1, 0.15) is 0 Å². The number of pyridine rings is 1. The van der Waals surface area contributed by atoms with Crippen LogP contribution < -0.4 is 9.64 Å². The number of nitro groups is 1. The lowest BCUT2D eigenvalue weighted by Crippen LogP contribution is -2.25. The molecular formula is C20H19N3O4. The zero-order valence-electron chi connectivity index (χ0n) is 14.8. The average molecular weight is 365 g/mol. The fourth-order valence-corrected chi connectivity index (χ4v) is 3.38. The first kappa shape index (κ1) is 17.1. The van der Waals surface area contributed by atoms with Gasteiger partial charge in [-0.2, -0.15) is 0 Å². The van der Waals surface area contributed by atoms with Gasteiger partial charge in [0.05, 0.1) is 17.4 Å². The highest BCUT2D eigenvalue weighted by Crippen LogP contribution is 2.40. The zero-order valence-corrected chi connectivity index (χ0v) is 14.8. The number of phenols is 1. The number of ether oxygens (including phenoxy) is 1. The fourth-order valence-electron chi connectivity index (χ4n) is 3.38. The number of nitrogens with zero attached hydrogens (tertiary/aromatic N) is 3. The Labute approximate surface area is 156 Å². The second kappa shape index (κ2) is 6.75. The first-order valence-electron chi connectivity index (χ1n) is 8.72. The summed E-state index contributed by atoms with van der Waals surface area (Å²) in [7, 11) is 1.52. The lowest BCUT2D eigenvalue weighted by Gasteiger charge is -2.26. The number of aromatic nitrogens is 1. The minimum atomic E-state index is -0.375. The van der Waals surface area contributed by atoms with Gasteiger partial charge in [-0.15, -0.1) is 0 Å². The quantitative estimate of drug-likeness (QED) is 0.524. The van der Waals surface area contributed by atoms with Crippen molar-refractivity contribution in [2.75, 3.05) is 12.0 Å². The Morgan fingerprint density at radius 2 is 2.07 bits per heavy atom. The Balaban J connectivity index is 1.77. The first-order chi connectivity index (χ1) is 13.1. The van der Waals surface area contributed by atoms with Crippen LogP contribution in [0.4, 0.5) is 11.4 Å². The number of phenolic OH excluding ortho intramolecular Hbond substituents is 1. The van der Waals surface area contributed by atoms with Crippen molar-refractivity contribution in [2.45, 2.75) is 25.4 Å². The molecule has 0 radical (unpaired) electrons. The molecule has 0 unspecified atom stereocenters. The Kier molecular flexibility index (Phi) is 4.27. The van der Waals surface area contributed by atoms with E-state index in [2.05, 4.69) is 9.88 Å². The van der Waals surface area contributed by atoms with Crippen molar-refractivity contribution in [3.63, 3.8) is 0 Å². The molecule has 4 rings (SSSR count). The normalized spacial score (nSPS) is 13.5. The molecule has 1 heterocycles. The van der Waals surface area contributed by atoms with E-state index in [0.717, 1.165) is 29.5 Å². The van der Waals surface area contributed by atoms with E-state index in [4.69, 9.17) is 4.74 Å². The molecule has 27 heavy (non-hydrogen) atoms. The van der Waals surface area contributed by atoms with E-state index in [9.17, 15) is 15.2 Å². The Morgan fingerprint density at radius 1 is 1.26 bits per heavy atom. The second-order valence-corrected chi connectivity index (χ2v) is 6.65. The van der Waals surface area contributed by atoms with E-state index in [-0.39, 0.29) is 16.4 Å². The van der Waals surface area contributed by atoms with Gasteiger partial charge in [-0.05, 0) is 42.7 Å². The molecule has 1 aliphatic carbocycles. The Bertz CT molecular complexity index is 1020. The lowest BCUT2D eigenvalue weighted by atomic mass is 10.1. The summed E-state index contributed by atoms with van der Waals surface area (Å²) in [6.45, 7) is 0.622. The number of anilines is 1. The molecule has 0 bridgehead atoms. The summed E-state index contributed by atoms with van der Waals surface area (Å²) in [6.07, 6.45) is 5.37. The first-order valence-corrected chi connectivity index (χ1v) is 8.72. The molecule has 2 aromatic carbocycles. The summed E-state index contributed by atoms with van der Waals surface area (Å²) >= 11 is 0. The molecule has 0 spiro atoms. The predicted molar refractivity (Wildman–Crippen MR) is 102 cm³/mol. The van der Waals surface area contributed by atoms with E-state index in [0.29, 0.717) is 23.7 Å². The predicted octanol–water partition coefficient (Wildman–Crippen LogP) is 4.03. The van der Waals surface area contributed by atoms with Crippen LogP contribution in [0, 0.1) is 10.1 Å². The summed E-state index contributed by atoms with van der Waals surface area (Å²) in [5.74, 6) is 0.534. The molecule has 138 valence electrons. The van der Waals surface area contributed by atoms with Crippen molar-refractivity contribution in [1.82, 2.24) is 4.98 Å². The van der Waals surface area contributed by atoms with E-state index in [1.54, 1.807) is 24.5 Å². The van der Waals surface area contributed by atoms with Crippen LogP contribution in [0.5, 0.6) is 11.5 Å². The van der Waals surface area contributed by atoms with Gasteiger partial charge >= 0.3 is 0 Å². The van der Waals surface area contributed by atoms with Crippen molar-refractivity contribution in [1.29, 1.82) is 0 Å². The number of aromatic hydroxyl groups is 1. The van der Waals surface area contributed by atoms with Crippen LogP contribution in [0.2, 0.25) is 0 Å². The van der Waals surface area contributed by atoms with Gasteiger partial charge in [-0.3, -0.25) is 15.1 Å².